The Labute approximate surface area is 357 Å². The summed E-state index contributed by atoms with van der Waals surface area (Å²) in [6, 6.07) is -0.800. The van der Waals surface area contributed by atoms with Gasteiger partial charge in [-0.3, -0.25) is 9.59 Å². The molecule has 3 aliphatic rings. The van der Waals surface area contributed by atoms with Gasteiger partial charge in [-0.1, -0.05) is 55.3 Å². The van der Waals surface area contributed by atoms with Crippen LogP contribution in [0.5, 0.6) is 0 Å². The number of likely N-dealkylation sites (N-methyl/N-ethyl adjacent to an activating group) is 1. The number of aldehydes is 1. The highest BCUT2D eigenvalue weighted by Gasteiger charge is 2.52. The average Bonchev–Trinajstić information content (AvgIpc) is 3.13. The summed E-state index contributed by atoms with van der Waals surface area (Å²) in [5.41, 5.74) is -1.50. The minimum absolute atomic E-state index is 0.0543. The number of allylic oxidation sites excluding steroid dienone is 2. The van der Waals surface area contributed by atoms with Crippen LogP contribution in [0.1, 0.15) is 86.5 Å². The fourth-order valence-corrected chi connectivity index (χ4v) is 8.09. The smallest absolute Gasteiger partial charge is 0.340 e. The van der Waals surface area contributed by atoms with Crippen molar-refractivity contribution in [3.05, 3.63) is 24.3 Å². The number of ether oxygens (including phenoxy) is 8. The second kappa shape index (κ2) is 23.8. The molecule has 0 amide bonds. The van der Waals surface area contributed by atoms with Crippen LogP contribution in [0, 0.1) is 11.8 Å². The van der Waals surface area contributed by atoms with E-state index in [1.165, 1.54) is 7.11 Å². The van der Waals surface area contributed by atoms with E-state index in [1.807, 2.05) is 6.92 Å². The number of rotatable bonds is 13. The number of halogens is 2. The zero-order valence-electron chi connectivity index (χ0n) is 35.5. The second-order valence-electron chi connectivity index (χ2n) is 16.2. The molecule has 0 aromatic heterocycles. The number of alkyl halides is 2. The maximum absolute atomic E-state index is 13.0. The number of cyclic esters (lactones) is 1. The highest BCUT2D eigenvalue weighted by atomic mass is 35.5. The van der Waals surface area contributed by atoms with Crippen LogP contribution in [0.2, 0.25) is 0 Å². The van der Waals surface area contributed by atoms with Crippen molar-refractivity contribution in [2.24, 2.45) is 11.8 Å². The van der Waals surface area contributed by atoms with Crippen molar-refractivity contribution in [3.63, 3.8) is 0 Å². The van der Waals surface area contributed by atoms with Gasteiger partial charge < -0.3 is 62.9 Å². The van der Waals surface area contributed by atoms with Crippen molar-refractivity contribution < 1.29 is 72.4 Å². The van der Waals surface area contributed by atoms with Gasteiger partial charge >= 0.3 is 17.9 Å². The molecule has 3 N–H and O–H groups in total. The maximum Gasteiger partial charge on any atom is 0.340 e. The van der Waals surface area contributed by atoms with Gasteiger partial charge in [0.15, 0.2) is 18.7 Å². The average molecular weight is 883 g/mol. The summed E-state index contributed by atoms with van der Waals surface area (Å²) in [6.45, 7) is 10.3. The Kier molecular flexibility index (Phi) is 20.7. The molecule has 0 saturated carbocycles. The van der Waals surface area contributed by atoms with Gasteiger partial charge in [-0.2, -0.15) is 0 Å². The molecule has 338 valence electrons. The first kappa shape index (κ1) is 51.1. The Bertz CT molecular complexity index is 1410. The molecular formula is C41H65Cl2NO15. The molecule has 0 aromatic carbocycles. The molecule has 0 radical (unpaired) electrons. The van der Waals surface area contributed by atoms with Gasteiger partial charge in [0.25, 0.3) is 0 Å². The molecular weight excluding hydrogens is 817 g/mol. The second-order valence-corrected chi connectivity index (χ2v) is 17.3. The van der Waals surface area contributed by atoms with Crippen molar-refractivity contribution >= 4 is 47.4 Å². The minimum Gasteiger partial charge on any atom is -0.462 e. The largest absolute Gasteiger partial charge is 0.462 e. The van der Waals surface area contributed by atoms with E-state index in [4.69, 9.17) is 61.1 Å². The van der Waals surface area contributed by atoms with Crippen molar-refractivity contribution in [2.75, 3.05) is 21.2 Å². The van der Waals surface area contributed by atoms with Crippen molar-refractivity contribution in [1.29, 1.82) is 0 Å². The predicted molar refractivity (Wildman–Crippen MR) is 215 cm³/mol. The normalized spacial score (nSPS) is 40.2. The first-order valence-corrected chi connectivity index (χ1v) is 21.2. The van der Waals surface area contributed by atoms with Crippen LogP contribution < -0.4 is 0 Å². The van der Waals surface area contributed by atoms with E-state index < -0.39 is 126 Å². The number of carbonyl (C=O) groups excluding carboxylic acids is 4. The van der Waals surface area contributed by atoms with Gasteiger partial charge in [0, 0.05) is 32.8 Å². The fourth-order valence-electron chi connectivity index (χ4n) is 7.99. The Morgan fingerprint density at radius 1 is 1.03 bits per heavy atom. The number of esters is 3. The molecule has 59 heavy (non-hydrogen) atoms. The quantitative estimate of drug-likeness (QED) is 0.105. The summed E-state index contributed by atoms with van der Waals surface area (Å²) in [7, 11) is 4.79. The standard InChI is InChI=1S/C41H65Cl2NO15/c1-10-14-29(47)57-37-25(5)54-31(21-41(37,6)51)58-34-24(4)55-40(33(49)32(34)44(7)8)59-35-26(17-18-45)19-22(2)28(56-39(50)38(42)43)16-13-11-12-15-23(3)53-30(48)20-27(46)36(35)52-9/h11-13,16,18,22-28,31-38,40,46,49,51H,10,14-15,17,19-21H2,1-9H3/b12-11+,16-13+/t22-,23-,24-,25+,26+,27-,28+,31+,32-,33-,34-,35+,36+,37+,40+,41-/m1/s1. The van der Waals surface area contributed by atoms with Gasteiger partial charge in [0.1, 0.15) is 42.4 Å². The van der Waals surface area contributed by atoms with E-state index in [0.29, 0.717) is 19.1 Å². The molecule has 16 nitrogen and oxygen atoms in total. The summed E-state index contributed by atoms with van der Waals surface area (Å²) in [5.74, 6) is -3.27. The van der Waals surface area contributed by atoms with Gasteiger partial charge in [0.2, 0.25) is 4.84 Å². The summed E-state index contributed by atoms with van der Waals surface area (Å²) in [6.07, 6.45) is -4.38. The van der Waals surface area contributed by atoms with E-state index in [-0.39, 0.29) is 25.7 Å². The van der Waals surface area contributed by atoms with Crippen LogP contribution in [0.25, 0.3) is 0 Å². The third-order valence-electron chi connectivity index (χ3n) is 10.9. The topological polar surface area (TPSA) is 206 Å². The van der Waals surface area contributed by atoms with Crippen LogP contribution >= 0.6 is 23.2 Å². The highest BCUT2D eigenvalue weighted by Crippen LogP contribution is 2.38. The molecule has 2 saturated heterocycles. The Morgan fingerprint density at radius 2 is 1.73 bits per heavy atom. The Hall–Kier alpha value is -2.22. The van der Waals surface area contributed by atoms with E-state index in [2.05, 4.69) is 0 Å². The lowest BCUT2D eigenvalue weighted by Gasteiger charge is -2.50. The first-order chi connectivity index (χ1) is 27.7. The molecule has 0 bridgehead atoms. The van der Waals surface area contributed by atoms with E-state index >= 15 is 0 Å². The molecule has 0 spiro atoms. The van der Waals surface area contributed by atoms with Crippen LogP contribution in [0.3, 0.4) is 0 Å². The van der Waals surface area contributed by atoms with Gasteiger partial charge in [-0.05, 0) is 72.5 Å². The SMILES string of the molecule is CCCC(=O)O[C@H]1[C@H](C)O[C@@H](O[C@H]2[C@H](N(C)C)[C@@H](O)[C@H](O[C@H]3[C@@H](CC=O)C[C@@H](C)[C@@H](OC(=O)C(Cl)Cl)/C=C/C=C/C[C@@H](C)OC(=O)C[C@@H](O)[C@@H]3OC)O[C@@H]2C)C[C@@]1(C)O. The molecule has 0 aliphatic carbocycles. The monoisotopic (exact) mass is 881 g/mol. The van der Waals surface area contributed by atoms with Gasteiger partial charge in [0.05, 0.1) is 36.9 Å². The van der Waals surface area contributed by atoms with Crippen LogP contribution in [-0.4, -0.2) is 156 Å². The summed E-state index contributed by atoms with van der Waals surface area (Å²) in [4.78, 5) is 50.5. The minimum atomic E-state index is -1.50. The summed E-state index contributed by atoms with van der Waals surface area (Å²) in [5, 5.41) is 35.0. The summed E-state index contributed by atoms with van der Waals surface area (Å²) < 4.78 is 48.1. The van der Waals surface area contributed by atoms with Crippen LogP contribution in [0.15, 0.2) is 24.3 Å². The van der Waals surface area contributed by atoms with Gasteiger partial charge in [-0.25, -0.2) is 4.79 Å². The molecule has 16 atom stereocenters. The molecule has 3 aliphatic heterocycles. The van der Waals surface area contributed by atoms with Crippen molar-refractivity contribution in [1.82, 2.24) is 4.90 Å². The van der Waals surface area contributed by atoms with E-state index in [1.54, 1.807) is 77.9 Å². The Balaban J connectivity index is 1.98. The van der Waals surface area contributed by atoms with Crippen molar-refractivity contribution in [2.45, 2.75) is 177 Å². The van der Waals surface area contributed by atoms with Crippen LogP contribution in [0.4, 0.5) is 0 Å². The third-order valence-corrected chi connectivity index (χ3v) is 11.3. The molecule has 18 heteroatoms. The number of methoxy groups -OCH3 is 1. The van der Waals surface area contributed by atoms with Crippen LogP contribution in [-0.2, 0) is 57.1 Å². The number of aliphatic hydroxyl groups is 3. The lowest BCUT2D eigenvalue weighted by atomic mass is 9.82. The number of hydrogen-bond acceptors (Lipinski definition) is 16. The number of hydrogen-bond donors (Lipinski definition) is 3. The Morgan fingerprint density at radius 3 is 2.32 bits per heavy atom. The molecule has 0 unspecified atom stereocenters. The third kappa shape index (κ3) is 14.7. The molecule has 2 fully saturated rings. The lowest BCUT2D eigenvalue weighted by Crippen LogP contribution is -2.66. The predicted octanol–water partition coefficient (Wildman–Crippen LogP) is 3.55. The number of nitrogens with zero attached hydrogens (tertiary/aromatic N) is 1. The molecule has 0 aromatic rings. The number of aliphatic hydroxyl groups excluding tert-OH is 2. The zero-order valence-corrected chi connectivity index (χ0v) is 37.0. The van der Waals surface area contributed by atoms with E-state index in [0.717, 1.165) is 0 Å². The fraction of sp³-hybridized carbons (Fsp3) is 0.805. The molecule has 3 heterocycles. The summed E-state index contributed by atoms with van der Waals surface area (Å²) >= 11 is 11.7. The maximum atomic E-state index is 13.0. The molecule has 3 rings (SSSR count). The lowest BCUT2D eigenvalue weighted by molar-refractivity contribution is -0.344. The number of carbonyl (C=O) groups is 4. The highest BCUT2D eigenvalue weighted by molar-refractivity contribution is 6.52. The van der Waals surface area contributed by atoms with Gasteiger partial charge in [-0.15, -0.1) is 0 Å². The van der Waals surface area contributed by atoms with E-state index in [9.17, 15) is 34.5 Å². The zero-order chi connectivity index (χ0) is 44.2. The van der Waals surface area contributed by atoms with Crippen molar-refractivity contribution in [3.8, 4) is 0 Å². The first-order valence-electron chi connectivity index (χ1n) is 20.3.